The standard InChI is InChI=1S/C30H27N3O4S3/c1-5-37-29(36)23-17(2)18(3)39-26(23)31-22(34)16-38-30-32-27-25(28(35)33(30)21-14-10-7-11-15-21)24(19(4)40-27)20-12-8-6-9-13-20/h6-15H,5,16H2,1-4H3,(H,31,34). The highest BCUT2D eigenvalue weighted by molar-refractivity contribution is 7.99. The van der Waals surface area contributed by atoms with Crippen molar-refractivity contribution in [2.75, 3.05) is 17.7 Å². The molecule has 0 atom stereocenters. The molecule has 3 heterocycles. The first kappa shape index (κ1) is 27.8. The van der Waals surface area contributed by atoms with Crippen LogP contribution in [0.5, 0.6) is 0 Å². The normalized spacial score (nSPS) is 11.1. The number of carbonyl (C=O) groups is 2. The van der Waals surface area contributed by atoms with Gasteiger partial charge in [0.15, 0.2) is 5.16 Å². The molecule has 7 nitrogen and oxygen atoms in total. The molecule has 0 unspecified atom stereocenters. The van der Waals surface area contributed by atoms with E-state index in [1.165, 1.54) is 34.4 Å². The van der Waals surface area contributed by atoms with Crippen molar-refractivity contribution in [3.8, 4) is 16.8 Å². The van der Waals surface area contributed by atoms with Gasteiger partial charge >= 0.3 is 5.97 Å². The number of hydrogen-bond donors (Lipinski definition) is 1. The molecule has 0 aliphatic heterocycles. The molecular formula is C30H27N3O4S3. The average Bonchev–Trinajstić information content (AvgIpc) is 3.43. The van der Waals surface area contributed by atoms with Crippen LogP contribution in [0.2, 0.25) is 0 Å². The van der Waals surface area contributed by atoms with Crippen molar-refractivity contribution in [2.24, 2.45) is 0 Å². The van der Waals surface area contributed by atoms with Gasteiger partial charge < -0.3 is 10.1 Å². The lowest BCUT2D eigenvalue weighted by Gasteiger charge is -2.13. The molecule has 204 valence electrons. The minimum Gasteiger partial charge on any atom is -0.462 e. The number of ether oxygens (including phenoxy) is 1. The van der Waals surface area contributed by atoms with E-state index < -0.39 is 5.97 Å². The van der Waals surface area contributed by atoms with Crippen LogP contribution in [-0.2, 0) is 9.53 Å². The van der Waals surface area contributed by atoms with Gasteiger partial charge in [-0.1, -0.05) is 60.3 Å². The number of aryl methyl sites for hydroxylation is 2. The van der Waals surface area contributed by atoms with Gasteiger partial charge in [0, 0.05) is 15.3 Å². The molecule has 0 radical (unpaired) electrons. The predicted octanol–water partition coefficient (Wildman–Crippen LogP) is 7.01. The van der Waals surface area contributed by atoms with E-state index in [0.717, 1.165) is 26.4 Å². The number of para-hydroxylation sites is 1. The molecule has 2 aromatic carbocycles. The average molecular weight is 590 g/mol. The number of carbonyl (C=O) groups excluding carboxylic acids is 2. The summed E-state index contributed by atoms with van der Waals surface area (Å²) in [5, 5.41) is 4.32. The smallest absolute Gasteiger partial charge is 0.341 e. The summed E-state index contributed by atoms with van der Waals surface area (Å²) in [5.41, 5.74) is 3.50. The third kappa shape index (κ3) is 5.34. The molecule has 3 aromatic heterocycles. The fourth-order valence-corrected chi connectivity index (χ4v) is 7.42. The highest BCUT2D eigenvalue weighted by atomic mass is 32.2. The van der Waals surface area contributed by atoms with Gasteiger partial charge in [0.2, 0.25) is 5.91 Å². The zero-order valence-corrected chi connectivity index (χ0v) is 24.9. The zero-order chi connectivity index (χ0) is 28.4. The molecule has 1 amide bonds. The quantitative estimate of drug-likeness (QED) is 0.119. The van der Waals surface area contributed by atoms with E-state index in [1.54, 1.807) is 11.5 Å². The third-order valence-corrected chi connectivity index (χ3v) is 9.46. The number of thiophene rings is 2. The van der Waals surface area contributed by atoms with Crippen LogP contribution >= 0.6 is 34.4 Å². The Morgan fingerprint density at radius 1 is 0.975 bits per heavy atom. The van der Waals surface area contributed by atoms with E-state index in [9.17, 15) is 14.4 Å². The van der Waals surface area contributed by atoms with Gasteiger partial charge in [-0.2, -0.15) is 0 Å². The number of nitrogens with zero attached hydrogens (tertiary/aromatic N) is 2. The molecule has 5 aromatic rings. The van der Waals surface area contributed by atoms with Crippen molar-refractivity contribution in [3.05, 3.63) is 91.9 Å². The Kier molecular flexibility index (Phi) is 8.20. The third-order valence-electron chi connectivity index (χ3n) is 6.40. The molecule has 0 fully saturated rings. The summed E-state index contributed by atoms with van der Waals surface area (Å²) in [4.78, 5) is 47.1. The Hall–Kier alpha value is -3.73. The Morgan fingerprint density at radius 3 is 2.33 bits per heavy atom. The van der Waals surface area contributed by atoms with E-state index in [-0.39, 0.29) is 23.8 Å². The molecule has 0 spiro atoms. The van der Waals surface area contributed by atoms with Gasteiger partial charge in [0.05, 0.1) is 29.0 Å². The summed E-state index contributed by atoms with van der Waals surface area (Å²) in [6.45, 7) is 7.73. The van der Waals surface area contributed by atoms with Crippen molar-refractivity contribution >= 4 is 61.5 Å². The van der Waals surface area contributed by atoms with Crippen molar-refractivity contribution in [1.29, 1.82) is 0 Å². The summed E-state index contributed by atoms with van der Waals surface area (Å²) in [6, 6.07) is 19.2. The SMILES string of the molecule is CCOC(=O)c1c(NC(=O)CSc2nc3sc(C)c(-c4ccccc4)c3c(=O)n2-c2ccccc2)sc(C)c1C. The predicted molar refractivity (Wildman–Crippen MR) is 164 cm³/mol. The maximum Gasteiger partial charge on any atom is 0.341 e. The summed E-state index contributed by atoms with van der Waals surface area (Å²) in [5.74, 6) is -0.767. The Labute approximate surface area is 243 Å². The van der Waals surface area contributed by atoms with Gasteiger partial charge in [-0.15, -0.1) is 22.7 Å². The Bertz CT molecular complexity index is 1770. The second-order valence-corrected chi connectivity index (χ2v) is 12.4. The van der Waals surface area contributed by atoms with Crippen LogP contribution in [-0.4, -0.2) is 33.8 Å². The summed E-state index contributed by atoms with van der Waals surface area (Å²) < 4.78 is 6.77. The van der Waals surface area contributed by atoms with Crippen molar-refractivity contribution < 1.29 is 14.3 Å². The largest absolute Gasteiger partial charge is 0.462 e. The second kappa shape index (κ2) is 11.8. The first-order valence-corrected chi connectivity index (χ1v) is 15.3. The number of hydrogen-bond acceptors (Lipinski definition) is 8. The van der Waals surface area contributed by atoms with E-state index in [1.807, 2.05) is 81.4 Å². The van der Waals surface area contributed by atoms with Gasteiger partial charge in [-0.3, -0.25) is 14.2 Å². The monoisotopic (exact) mass is 589 g/mol. The highest BCUT2D eigenvalue weighted by Crippen LogP contribution is 2.37. The summed E-state index contributed by atoms with van der Waals surface area (Å²) in [7, 11) is 0. The lowest BCUT2D eigenvalue weighted by molar-refractivity contribution is -0.113. The van der Waals surface area contributed by atoms with E-state index >= 15 is 0 Å². The van der Waals surface area contributed by atoms with Crippen LogP contribution in [0.15, 0.2) is 70.6 Å². The van der Waals surface area contributed by atoms with Crippen LogP contribution in [0.4, 0.5) is 5.00 Å². The lowest BCUT2D eigenvalue weighted by Crippen LogP contribution is -2.23. The number of aromatic nitrogens is 2. The Balaban J connectivity index is 1.51. The van der Waals surface area contributed by atoms with Crippen LogP contribution in [0.1, 0.15) is 32.6 Å². The number of esters is 1. The number of anilines is 1. The van der Waals surface area contributed by atoms with E-state index in [4.69, 9.17) is 9.72 Å². The van der Waals surface area contributed by atoms with Crippen LogP contribution in [0.3, 0.4) is 0 Å². The number of thioether (sulfide) groups is 1. The van der Waals surface area contributed by atoms with E-state index in [0.29, 0.717) is 31.6 Å². The number of fused-ring (bicyclic) bond motifs is 1. The lowest BCUT2D eigenvalue weighted by atomic mass is 10.0. The van der Waals surface area contributed by atoms with Crippen molar-refractivity contribution in [3.63, 3.8) is 0 Å². The molecule has 0 saturated carbocycles. The number of nitrogens with one attached hydrogen (secondary N) is 1. The van der Waals surface area contributed by atoms with Crippen LogP contribution < -0.4 is 10.9 Å². The van der Waals surface area contributed by atoms with Gasteiger partial charge in [-0.25, -0.2) is 9.78 Å². The number of benzene rings is 2. The van der Waals surface area contributed by atoms with Gasteiger partial charge in [0.25, 0.3) is 5.56 Å². The second-order valence-electron chi connectivity index (χ2n) is 8.99. The maximum atomic E-state index is 14.1. The fourth-order valence-electron chi connectivity index (χ4n) is 4.45. The molecule has 0 saturated heterocycles. The minimum atomic E-state index is -0.459. The molecule has 5 rings (SSSR count). The molecule has 0 aliphatic carbocycles. The topological polar surface area (TPSA) is 90.3 Å². The molecular weight excluding hydrogens is 563 g/mol. The first-order chi connectivity index (χ1) is 19.3. The van der Waals surface area contributed by atoms with Crippen LogP contribution in [0, 0.1) is 20.8 Å². The minimum absolute atomic E-state index is 0.00105. The zero-order valence-electron chi connectivity index (χ0n) is 22.4. The summed E-state index contributed by atoms with van der Waals surface area (Å²) >= 11 is 3.99. The molecule has 40 heavy (non-hydrogen) atoms. The molecule has 10 heteroatoms. The summed E-state index contributed by atoms with van der Waals surface area (Å²) in [6.07, 6.45) is 0. The molecule has 1 N–H and O–H groups in total. The Morgan fingerprint density at radius 2 is 1.65 bits per heavy atom. The van der Waals surface area contributed by atoms with Crippen molar-refractivity contribution in [1.82, 2.24) is 9.55 Å². The fraction of sp³-hybridized carbons (Fsp3) is 0.200. The van der Waals surface area contributed by atoms with Gasteiger partial charge in [-0.05, 0) is 51.0 Å². The highest BCUT2D eigenvalue weighted by Gasteiger charge is 2.24. The number of amides is 1. The van der Waals surface area contributed by atoms with Crippen molar-refractivity contribution in [2.45, 2.75) is 32.9 Å². The first-order valence-electron chi connectivity index (χ1n) is 12.7. The number of rotatable bonds is 8. The maximum absolute atomic E-state index is 14.1. The van der Waals surface area contributed by atoms with Gasteiger partial charge in [0.1, 0.15) is 9.83 Å². The van der Waals surface area contributed by atoms with E-state index in [2.05, 4.69) is 5.32 Å². The molecule has 0 bridgehead atoms. The van der Waals surface area contributed by atoms with Crippen LogP contribution in [0.25, 0.3) is 27.0 Å². The molecule has 0 aliphatic rings.